The Balaban J connectivity index is 2.42. The van der Waals surface area contributed by atoms with Gasteiger partial charge in [-0.2, -0.15) is 0 Å². The summed E-state index contributed by atoms with van der Waals surface area (Å²) in [5.74, 6) is 0.683. The number of aryl methyl sites for hydroxylation is 2. The van der Waals surface area contributed by atoms with E-state index in [1.54, 1.807) is 0 Å². The zero-order valence-corrected chi connectivity index (χ0v) is 12.3. The van der Waals surface area contributed by atoms with Crippen molar-refractivity contribution in [2.45, 2.75) is 34.1 Å². The van der Waals surface area contributed by atoms with E-state index in [4.69, 9.17) is 5.73 Å². The lowest BCUT2D eigenvalue weighted by atomic mass is 9.92. The van der Waals surface area contributed by atoms with Crippen LogP contribution in [-0.4, -0.2) is 4.98 Å². The first-order valence-corrected chi connectivity index (χ1v) is 7.17. The molecule has 0 spiro atoms. The molecule has 0 fully saturated rings. The van der Waals surface area contributed by atoms with Crippen LogP contribution in [0.1, 0.15) is 30.5 Å². The fourth-order valence-corrected chi connectivity index (χ4v) is 2.86. The maximum absolute atomic E-state index is 5.70. The molecule has 0 radical (unpaired) electrons. The number of nitrogen functional groups attached to an aromatic ring is 1. The van der Waals surface area contributed by atoms with Gasteiger partial charge in [-0.1, -0.05) is 13.8 Å². The van der Waals surface area contributed by atoms with Crippen molar-refractivity contribution >= 4 is 16.5 Å². The summed E-state index contributed by atoms with van der Waals surface area (Å²) in [7, 11) is 0. The highest BCUT2D eigenvalue weighted by molar-refractivity contribution is 7.13. The Kier molecular flexibility index (Phi) is 3.71. The fourth-order valence-electron chi connectivity index (χ4n) is 2.29. The van der Waals surface area contributed by atoms with Crippen molar-refractivity contribution in [1.82, 2.24) is 4.98 Å². The molecule has 1 aromatic carbocycles. The topological polar surface area (TPSA) is 38.9 Å². The molecule has 1 aromatic heterocycles. The van der Waals surface area contributed by atoms with Crippen LogP contribution in [0.3, 0.4) is 0 Å². The summed E-state index contributed by atoms with van der Waals surface area (Å²) in [6, 6.07) is 4.44. The van der Waals surface area contributed by atoms with Crippen molar-refractivity contribution < 1.29 is 0 Å². The average Bonchev–Trinajstić information content (AvgIpc) is 2.70. The average molecular weight is 260 g/mol. The molecule has 0 saturated heterocycles. The highest BCUT2D eigenvalue weighted by atomic mass is 32.1. The van der Waals surface area contributed by atoms with Crippen LogP contribution >= 0.6 is 11.3 Å². The third-order valence-corrected chi connectivity index (χ3v) is 3.80. The van der Waals surface area contributed by atoms with E-state index in [0.717, 1.165) is 12.1 Å². The second-order valence-corrected chi connectivity index (χ2v) is 6.15. The van der Waals surface area contributed by atoms with Crippen LogP contribution in [0.4, 0.5) is 5.13 Å². The number of thiazole rings is 1. The van der Waals surface area contributed by atoms with E-state index in [2.05, 4.69) is 44.8 Å². The molecular formula is C15H20N2S. The Morgan fingerprint density at radius 3 is 2.28 bits per heavy atom. The van der Waals surface area contributed by atoms with Gasteiger partial charge >= 0.3 is 0 Å². The van der Waals surface area contributed by atoms with Gasteiger partial charge in [-0.15, -0.1) is 11.3 Å². The number of benzene rings is 1. The van der Waals surface area contributed by atoms with Crippen molar-refractivity contribution in [1.29, 1.82) is 0 Å². The lowest BCUT2D eigenvalue weighted by Crippen LogP contribution is -2.00. The standard InChI is InChI=1S/C15H20N2S/c1-9(2)5-13-10(3)6-12(7-11(13)4)14-8-18-15(16)17-14/h6-9H,5H2,1-4H3,(H2,16,17). The monoisotopic (exact) mass is 260 g/mol. The lowest BCUT2D eigenvalue weighted by molar-refractivity contribution is 0.642. The first-order chi connectivity index (χ1) is 8.47. The second-order valence-electron chi connectivity index (χ2n) is 5.26. The minimum atomic E-state index is 0.631. The van der Waals surface area contributed by atoms with Crippen LogP contribution in [0.5, 0.6) is 0 Å². The minimum absolute atomic E-state index is 0.631. The van der Waals surface area contributed by atoms with E-state index in [9.17, 15) is 0 Å². The molecular weight excluding hydrogens is 240 g/mol. The fraction of sp³-hybridized carbons (Fsp3) is 0.400. The van der Waals surface area contributed by atoms with E-state index in [-0.39, 0.29) is 0 Å². The second kappa shape index (κ2) is 5.11. The van der Waals surface area contributed by atoms with Gasteiger partial charge in [-0.3, -0.25) is 0 Å². The van der Waals surface area contributed by atoms with Gasteiger partial charge in [0.25, 0.3) is 0 Å². The number of hydrogen-bond donors (Lipinski definition) is 1. The molecule has 0 unspecified atom stereocenters. The largest absolute Gasteiger partial charge is 0.375 e. The first-order valence-electron chi connectivity index (χ1n) is 6.29. The van der Waals surface area contributed by atoms with E-state index in [1.165, 1.54) is 33.6 Å². The Bertz CT molecular complexity index is 532. The SMILES string of the molecule is Cc1cc(-c2csc(N)n2)cc(C)c1CC(C)C. The van der Waals surface area contributed by atoms with Gasteiger partial charge < -0.3 is 5.73 Å². The molecule has 0 amide bonds. The van der Waals surface area contributed by atoms with Gasteiger partial charge in [0.1, 0.15) is 0 Å². The molecule has 3 heteroatoms. The molecule has 2 nitrogen and oxygen atoms in total. The summed E-state index contributed by atoms with van der Waals surface area (Å²) in [6.07, 6.45) is 1.14. The number of nitrogens with zero attached hydrogens (tertiary/aromatic N) is 1. The number of rotatable bonds is 3. The van der Waals surface area contributed by atoms with Gasteiger partial charge in [0.05, 0.1) is 5.69 Å². The number of nitrogens with two attached hydrogens (primary N) is 1. The van der Waals surface area contributed by atoms with Crippen molar-refractivity contribution in [3.63, 3.8) is 0 Å². The van der Waals surface area contributed by atoms with Crippen molar-refractivity contribution in [2.75, 3.05) is 5.73 Å². The molecule has 2 aromatic rings. The third-order valence-electron chi connectivity index (χ3n) is 3.13. The molecule has 18 heavy (non-hydrogen) atoms. The van der Waals surface area contributed by atoms with Gasteiger partial charge in [0.2, 0.25) is 0 Å². The van der Waals surface area contributed by atoms with Gasteiger partial charge in [-0.05, 0) is 55.0 Å². The van der Waals surface area contributed by atoms with E-state index in [1.807, 2.05) is 5.38 Å². The number of aromatic nitrogens is 1. The molecule has 0 atom stereocenters. The summed E-state index contributed by atoms with van der Waals surface area (Å²) in [5, 5.41) is 2.65. The van der Waals surface area contributed by atoms with Crippen LogP contribution in [-0.2, 0) is 6.42 Å². The Morgan fingerprint density at radius 2 is 1.83 bits per heavy atom. The zero-order valence-electron chi connectivity index (χ0n) is 11.4. The molecule has 96 valence electrons. The molecule has 0 saturated carbocycles. The van der Waals surface area contributed by atoms with Gasteiger partial charge in [0, 0.05) is 10.9 Å². The predicted octanol–water partition coefficient (Wildman–Crippen LogP) is 4.21. The Hall–Kier alpha value is -1.35. The molecule has 0 bridgehead atoms. The number of hydrogen-bond acceptors (Lipinski definition) is 3. The minimum Gasteiger partial charge on any atom is -0.375 e. The molecule has 1 heterocycles. The van der Waals surface area contributed by atoms with E-state index < -0.39 is 0 Å². The normalized spacial score (nSPS) is 11.2. The summed E-state index contributed by atoms with van der Waals surface area (Å²) in [6.45, 7) is 8.88. The molecule has 2 rings (SSSR count). The predicted molar refractivity (Wildman–Crippen MR) is 80.0 cm³/mol. The Morgan fingerprint density at radius 1 is 1.22 bits per heavy atom. The maximum Gasteiger partial charge on any atom is 0.180 e. The van der Waals surface area contributed by atoms with Crippen LogP contribution in [0.2, 0.25) is 0 Å². The first kappa shape index (κ1) is 13.1. The molecule has 0 aliphatic heterocycles. The highest BCUT2D eigenvalue weighted by Crippen LogP contribution is 2.28. The summed E-state index contributed by atoms with van der Waals surface area (Å²) in [4.78, 5) is 4.35. The van der Waals surface area contributed by atoms with Crippen LogP contribution in [0.15, 0.2) is 17.5 Å². The smallest absolute Gasteiger partial charge is 0.180 e. The van der Waals surface area contributed by atoms with Crippen LogP contribution in [0, 0.1) is 19.8 Å². The van der Waals surface area contributed by atoms with E-state index >= 15 is 0 Å². The maximum atomic E-state index is 5.70. The van der Waals surface area contributed by atoms with E-state index in [0.29, 0.717) is 11.0 Å². The van der Waals surface area contributed by atoms with Crippen LogP contribution < -0.4 is 5.73 Å². The lowest BCUT2D eigenvalue weighted by Gasteiger charge is -2.13. The summed E-state index contributed by atoms with van der Waals surface area (Å²) >= 11 is 1.49. The van der Waals surface area contributed by atoms with Gasteiger partial charge in [0.15, 0.2) is 5.13 Å². The zero-order chi connectivity index (χ0) is 13.3. The van der Waals surface area contributed by atoms with Crippen molar-refractivity contribution in [2.24, 2.45) is 5.92 Å². The van der Waals surface area contributed by atoms with Gasteiger partial charge in [-0.25, -0.2) is 4.98 Å². The highest BCUT2D eigenvalue weighted by Gasteiger charge is 2.10. The van der Waals surface area contributed by atoms with Crippen molar-refractivity contribution in [3.8, 4) is 11.3 Å². The quantitative estimate of drug-likeness (QED) is 0.898. The Labute approximate surface area is 113 Å². The van der Waals surface area contributed by atoms with Crippen LogP contribution in [0.25, 0.3) is 11.3 Å². The summed E-state index contributed by atoms with van der Waals surface area (Å²) < 4.78 is 0. The van der Waals surface area contributed by atoms with Crippen molar-refractivity contribution in [3.05, 3.63) is 34.2 Å². The number of anilines is 1. The molecule has 0 aliphatic rings. The third kappa shape index (κ3) is 2.72. The molecule has 2 N–H and O–H groups in total. The summed E-state index contributed by atoms with van der Waals surface area (Å²) in [5.41, 5.74) is 12.0. The molecule has 0 aliphatic carbocycles.